The van der Waals surface area contributed by atoms with Gasteiger partial charge in [-0.3, -0.25) is 4.79 Å². The van der Waals surface area contributed by atoms with E-state index in [-0.39, 0.29) is 11.3 Å². The Morgan fingerprint density at radius 2 is 1.79 bits per heavy atom. The molecule has 8 nitrogen and oxygen atoms in total. The van der Waals surface area contributed by atoms with Crippen molar-refractivity contribution in [2.75, 3.05) is 24.8 Å². The number of esters is 1. The molecule has 34 heavy (non-hydrogen) atoms. The van der Waals surface area contributed by atoms with Gasteiger partial charge in [0.25, 0.3) is 5.91 Å². The van der Waals surface area contributed by atoms with Crippen molar-refractivity contribution in [1.29, 1.82) is 0 Å². The maximum absolute atomic E-state index is 13.1. The van der Waals surface area contributed by atoms with E-state index in [2.05, 4.69) is 17.2 Å². The van der Waals surface area contributed by atoms with Gasteiger partial charge in [0.1, 0.15) is 11.3 Å². The van der Waals surface area contributed by atoms with E-state index in [0.717, 1.165) is 12.8 Å². The van der Waals surface area contributed by atoms with Crippen LogP contribution < -0.4 is 15.8 Å². The first-order chi connectivity index (χ1) is 16.5. The third kappa shape index (κ3) is 4.56. The first kappa shape index (κ1) is 22.8. The lowest BCUT2D eigenvalue weighted by Crippen LogP contribution is -2.15. The van der Waals surface area contributed by atoms with E-state index < -0.39 is 11.9 Å². The number of nitrogens with one attached hydrogen (secondary N) is 1. The highest BCUT2D eigenvalue weighted by Crippen LogP contribution is 2.33. The van der Waals surface area contributed by atoms with Gasteiger partial charge >= 0.3 is 5.97 Å². The van der Waals surface area contributed by atoms with Crippen LogP contribution in [0.4, 0.5) is 11.4 Å². The molecular weight excluding hydrogens is 434 g/mol. The summed E-state index contributed by atoms with van der Waals surface area (Å²) in [6.45, 7) is 2.69. The van der Waals surface area contributed by atoms with Crippen molar-refractivity contribution in [2.24, 2.45) is 0 Å². The van der Waals surface area contributed by atoms with E-state index in [0.29, 0.717) is 46.2 Å². The van der Waals surface area contributed by atoms with E-state index in [1.54, 1.807) is 30.3 Å². The second-order valence-electron chi connectivity index (χ2n) is 7.58. The molecule has 1 heterocycles. The van der Waals surface area contributed by atoms with E-state index >= 15 is 0 Å². The second-order valence-corrected chi connectivity index (χ2v) is 7.58. The quantitative estimate of drug-likeness (QED) is 0.209. The fourth-order valence-electron chi connectivity index (χ4n) is 3.49. The van der Waals surface area contributed by atoms with Crippen LogP contribution in [0.5, 0.6) is 5.75 Å². The topological polar surface area (TPSA) is 117 Å². The lowest BCUT2D eigenvalue weighted by atomic mass is 10.1. The molecule has 8 heteroatoms. The molecule has 0 aliphatic heterocycles. The summed E-state index contributed by atoms with van der Waals surface area (Å²) >= 11 is 0. The molecule has 0 saturated carbocycles. The summed E-state index contributed by atoms with van der Waals surface area (Å²) in [5.41, 5.74) is 8.54. The molecule has 0 bridgehead atoms. The van der Waals surface area contributed by atoms with Crippen molar-refractivity contribution in [3.63, 3.8) is 0 Å². The molecule has 3 aromatic carbocycles. The number of methoxy groups -OCH3 is 1. The molecule has 4 aromatic rings. The molecule has 0 aliphatic rings. The number of anilines is 2. The van der Waals surface area contributed by atoms with Crippen molar-refractivity contribution in [3.05, 3.63) is 71.8 Å². The van der Waals surface area contributed by atoms with E-state index in [4.69, 9.17) is 19.6 Å². The molecule has 1 aromatic heterocycles. The number of amides is 1. The van der Waals surface area contributed by atoms with Crippen molar-refractivity contribution in [2.45, 2.75) is 19.8 Å². The van der Waals surface area contributed by atoms with Gasteiger partial charge in [-0.05, 0) is 42.8 Å². The number of oxazole rings is 1. The largest absolute Gasteiger partial charge is 0.493 e. The molecule has 0 radical (unpaired) electrons. The molecule has 174 valence electrons. The van der Waals surface area contributed by atoms with Gasteiger partial charge in [0, 0.05) is 0 Å². The molecule has 0 aliphatic carbocycles. The summed E-state index contributed by atoms with van der Waals surface area (Å²) in [5.74, 6) is -0.00114. The Morgan fingerprint density at radius 3 is 2.59 bits per heavy atom. The Morgan fingerprint density at radius 1 is 1.03 bits per heavy atom. The van der Waals surface area contributed by atoms with Gasteiger partial charge in [0.2, 0.25) is 5.89 Å². The number of rotatable bonds is 8. The van der Waals surface area contributed by atoms with Crippen LogP contribution >= 0.6 is 0 Å². The third-order valence-corrected chi connectivity index (χ3v) is 5.30. The minimum Gasteiger partial charge on any atom is -0.493 e. The number of carbonyl (C=O) groups is 2. The van der Waals surface area contributed by atoms with E-state index in [1.807, 2.05) is 24.3 Å². The standard InChI is InChI=1S/C26H25N3O5/c1-3-4-15-33-20-13-6-5-9-16(20)25-29-23-18(11-8-14-21(23)34-25)24(30)28-19-12-7-10-17(22(19)27)26(31)32-2/h5-14H,3-4,15,27H2,1-2H3,(H,28,30). The Labute approximate surface area is 196 Å². The number of nitrogen functional groups attached to an aromatic ring is 1. The van der Waals surface area contributed by atoms with Gasteiger partial charge in [0.05, 0.1) is 41.8 Å². The third-order valence-electron chi connectivity index (χ3n) is 5.30. The summed E-state index contributed by atoms with van der Waals surface area (Å²) in [7, 11) is 1.27. The molecule has 0 fully saturated rings. The van der Waals surface area contributed by atoms with E-state index in [9.17, 15) is 9.59 Å². The molecule has 3 N–H and O–H groups in total. The highest BCUT2D eigenvalue weighted by Gasteiger charge is 2.20. The normalized spacial score (nSPS) is 10.8. The molecular formula is C26H25N3O5. The van der Waals surface area contributed by atoms with Gasteiger partial charge in [-0.1, -0.05) is 37.6 Å². The Balaban J connectivity index is 1.66. The molecule has 0 spiro atoms. The van der Waals surface area contributed by atoms with Gasteiger partial charge < -0.3 is 24.9 Å². The van der Waals surface area contributed by atoms with Crippen molar-refractivity contribution in [1.82, 2.24) is 4.98 Å². The molecule has 0 unspecified atom stereocenters. The summed E-state index contributed by atoms with van der Waals surface area (Å²) < 4.78 is 16.6. The van der Waals surface area contributed by atoms with Gasteiger partial charge in [-0.15, -0.1) is 0 Å². The molecule has 4 rings (SSSR count). The first-order valence-electron chi connectivity index (χ1n) is 10.9. The van der Waals surface area contributed by atoms with Crippen LogP contribution in [0.2, 0.25) is 0 Å². The van der Waals surface area contributed by atoms with Crippen LogP contribution in [-0.4, -0.2) is 30.6 Å². The fraction of sp³-hybridized carbons (Fsp3) is 0.192. The monoisotopic (exact) mass is 459 g/mol. The number of fused-ring (bicyclic) bond motifs is 1. The number of nitrogens with two attached hydrogens (primary N) is 1. The van der Waals surface area contributed by atoms with Gasteiger partial charge in [0.15, 0.2) is 5.58 Å². The number of benzene rings is 3. The summed E-state index contributed by atoms with van der Waals surface area (Å²) in [4.78, 5) is 29.6. The lowest BCUT2D eigenvalue weighted by molar-refractivity contribution is 0.0601. The number of para-hydroxylation sites is 3. The summed E-state index contributed by atoms with van der Waals surface area (Å²) in [5, 5.41) is 2.75. The minimum atomic E-state index is -0.586. The summed E-state index contributed by atoms with van der Waals surface area (Å²) in [6, 6.07) is 17.4. The number of unbranched alkanes of at least 4 members (excludes halogenated alkanes) is 1. The van der Waals surface area contributed by atoms with Crippen LogP contribution in [-0.2, 0) is 4.74 Å². The Bertz CT molecular complexity index is 1350. The SMILES string of the molecule is CCCCOc1ccccc1-c1nc2c(C(=O)Nc3cccc(C(=O)OC)c3N)cccc2o1. The number of nitrogens with zero attached hydrogens (tertiary/aromatic N) is 1. The average molecular weight is 460 g/mol. The summed E-state index contributed by atoms with van der Waals surface area (Å²) in [6.07, 6.45) is 1.96. The van der Waals surface area contributed by atoms with Crippen LogP contribution in [0.1, 0.15) is 40.5 Å². The second kappa shape index (κ2) is 10.1. The maximum atomic E-state index is 13.1. The van der Waals surface area contributed by atoms with Crippen molar-refractivity contribution < 1.29 is 23.5 Å². The minimum absolute atomic E-state index is 0.119. The average Bonchev–Trinajstić information content (AvgIpc) is 3.29. The Kier molecular flexibility index (Phi) is 6.77. The molecule has 1 amide bonds. The van der Waals surface area contributed by atoms with Crippen LogP contribution in [0.25, 0.3) is 22.6 Å². The maximum Gasteiger partial charge on any atom is 0.340 e. The van der Waals surface area contributed by atoms with Crippen LogP contribution in [0.15, 0.2) is 65.1 Å². The zero-order valence-electron chi connectivity index (χ0n) is 19.0. The molecule has 0 atom stereocenters. The van der Waals surface area contributed by atoms with Crippen molar-refractivity contribution in [3.8, 4) is 17.2 Å². The highest BCUT2D eigenvalue weighted by atomic mass is 16.5. The predicted molar refractivity (Wildman–Crippen MR) is 130 cm³/mol. The Hall–Kier alpha value is -4.33. The predicted octanol–water partition coefficient (Wildman–Crippen LogP) is 5.29. The number of aromatic nitrogens is 1. The first-order valence-corrected chi connectivity index (χ1v) is 10.9. The lowest BCUT2D eigenvalue weighted by Gasteiger charge is -2.11. The van der Waals surface area contributed by atoms with Crippen LogP contribution in [0, 0.1) is 0 Å². The smallest absolute Gasteiger partial charge is 0.340 e. The number of hydrogen-bond acceptors (Lipinski definition) is 7. The number of ether oxygens (including phenoxy) is 2. The highest BCUT2D eigenvalue weighted by molar-refractivity contribution is 6.13. The van der Waals surface area contributed by atoms with Crippen LogP contribution in [0.3, 0.4) is 0 Å². The fourth-order valence-corrected chi connectivity index (χ4v) is 3.49. The van der Waals surface area contributed by atoms with Crippen molar-refractivity contribution >= 4 is 34.4 Å². The number of carbonyl (C=O) groups excluding carboxylic acids is 2. The number of hydrogen-bond donors (Lipinski definition) is 2. The van der Waals surface area contributed by atoms with Gasteiger partial charge in [-0.25, -0.2) is 9.78 Å². The zero-order chi connectivity index (χ0) is 24.1. The van der Waals surface area contributed by atoms with Gasteiger partial charge in [-0.2, -0.15) is 0 Å². The van der Waals surface area contributed by atoms with E-state index in [1.165, 1.54) is 13.2 Å². The molecule has 0 saturated heterocycles. The zero-order valence-corrected chi connectivity index (χ0v) is 19.0.